The number of aliphatic hydroxyl groups is 1. The van der Waals surface area contributed by atoms with E-state index < -0.39 is 66.2 Å². The Balaban J connectivity index is 1.02. The van der Waals surface area contributed by atoms with Crippen LogP contribution in [0.5, 0.6) is 0 Å². The largest absolute Gasteiger partial charge is 0.463 e. The van der Waals surface area contributed by atoms with Crippen LogP contribution in [0, 0.1) is 5.92 Å². The fraction of sp³-hybridized carbons (Fsp3) is 0.510. The zero-order valence-corrected chi connectivity index (χ0v) is 39.2. The number of rotatable bonds is 15. The molecule has 4 aliphatic rings. The quantitative estimate of drug-likeness (QED) is 0.110. The first-order valence-corrected chi connectivity index (χ1v) is 23.0. The molecule has 4 heterocycles. The highest BCUT2D eigenvalue weighted by molar-refractivity contribution is 7.80. The van der Waals surface area contributed by atoms with Crippen LogP contribution in [0.25, 0.3) is 0 Å². The lowest BCUT2D eigenvalue weighted by molar-refractivity contribution is -0.276. The third-order valence-corrected chi connectivity index (χ3v) is 13.2. The monoisotopic (exact) mass is 944 g/mol. The molecule has 4 fully saturated rings. The Labute approximate surface area is 395 Å². The second kappa shape index (κ2) is 22.1. The summed E-state index contributed by atoms with van der Waals surface area (Å²) in [5, 5.41) is 16.1. The van der Waals surface area contributed by atoms with Crippen molar-refractivity contribution in [2.75, 3.05) is 37.8 Å². The van der Waals surface area contributed by atoms with Gasteiger partial charge in [-0.2, -0.15) is 0 Å². The molecule has 3 N–H and O–H groups in total. The zero-order valence-electron chi connectivity index (χ0n) is 38.4. The predicted octanol–water partition coefficient (Wildman–Crippen LogP) is 4.33. The molecule has 0 aromatic heterocycles. The normalized spacial score (nSPS) is 27.1. The van der Waals surface area contributed by atoms with Crippen LogP contribution in [0.1, 0.15) is 88.5 Å². The summed E-state index contributed by atoms with van der Waals surface area (Å²) in [4.78, 5) is 66.8. The number of likely N-dealkylation sites (tertiary alicyclic amines) is 1. The van der Waals surface area contributed by atoms with Gasteiger partial charge in [-0.1, -0.05) is 85.9 Å². The first kappa shape index (κ1) is 49.4. The number of thiocarbonyl (C=S) groups is 1. The molecule has 1 amide bonds. The van der Waals surface area contributed by atoms with Gasteiger partial charge >= 0.3 is 23.9 Å². The highest BCUT2D eigenvalue weighted by Gasteiger charge is 2.53. The minimum Gasteiger partial charge on any atom is -0.463 e. The van der Waals surface area contributed by atoms with Crippen molar-refractivity contribution >= 4 is 52.7 Å². The van der Waals surface area contributed by atoms with Crippen molar-refractivity contribution in [3.63, 3.8) is 0 Å². The Kier molecular flexibility index (Phi) is 16.3. The Morgan fingerprint density at radius 3 is 1.97 bits per heavy atom. The number of amides is 1. The lowest BCUT2D eigenvalue weighted by atomic mass is 9.84. The van der Waals surface area contributed by atoms with Crippen molar-refractivity contribution in [1.82, 2.24) is 15.5 Å². The van der Waals surface area contributed by atoms with E-state index in [9.17, 15) is 29.1 Å². The smallest absolute Gasteiger partial charge is 0.303 e. The summed E-state index contributed by atoms with van der Waals surface area (Å²) >= 11 is 5.74. The third-order valence-electron chi connectivity index (χ3n) is 12.9. The summed E-state index contributed by atoms with van der Waals surface area (Å²) in [7, 11) is 0. The van der Waals surface area contributed by atoms with Gasteiger partial charge in [0.15, 0.2) is 24.6 Å². The number of piperidine rings is 1. The van der Waals surface area contributed by atoms with Crippen LogP contribution in [0.3, 0.4) is 0 Å². The molecule has 18 heteroatoms. The number of carbonyl (C=O) groups excluding carboxylic acids is 5. The van der Waals surface area contributed by atoms with E-state index >= 15 is 0 Å². The van der Waals surface area contributed by atoms with E-state index in [1.807, 2.05) is 66.7 Å². The van der Waals surface area contributed by atoms with Gasteiger partial charge < -0.3 is 58.7 Å². The standard InChI is InChI=1S/C49H60N4O13S/c1-29-40(25-52-21-19-49(20-22-52)48(59)51-28-53(49)38-9-7-6-8-10-38)65-47(66-43(29)36-15-13-35(26-54)14-16-36)37-17-11-34(12-18-37)24-50-42(67)23-39-44(61-31(3)56)46(63-33(5)58)45(62-32(4)57)41(64-39)27-60-30(2)55/h6-18,29,39-41,43-47,54H,19-28H2,1-5H3,(H,50,67)(H,51,59). The van der Waals surface area contributed by atoms with Gasteiger partial charge in [0.05, 0.1) is 30.5 Å². The Morgan fingerprint density at radius 1 is 0.761 bits per heavy atom. The van der Waals surface area contributed by atoms with Gasteiger partial charge in [-0.3, -0.25) is 24.0 Å². The van der Waals surface area contributed by atoms with Gasteiger partial charge in [-0.25, -0.2) is 0 Å². The summed E-state index contributed by atoms with van der Waals surface area (Å²) in [6.07, 6.45) is -5.67. The van der Waals surface area contributed by atoms with Crippen LogP contribution >= 0.6 is 12.2 Å². The maximum Gasteiger partial charge on any atom is 0.303 e. The summed E-state index contributed by atoms with van der Waals surface area (Å²) in [6, 6.07) is 25.7. The van der Waals surface area contributed by atoms with E-state index in [2.05, 4.69) is 39.5 Å². The Hall–Kier alpha value is -5.50. The molecule has 9 unspecified atom stereocenters. The van der Waals surface area contributed by atoms with E-state index in [1.54, 1.807) is 0 Å². The number of para-hydroxylation sites is 1. The van der Waals surface area contributed by atoms with Crippen LogP contribution in [-0.4, -0.2) is 120 Å². The maximum absolute atomic E-state index is 13.4. The summed E-state index contributed by atoms with van der Waals surface area (Å²) in [6.45, 7) is 9.37. The Bertz CT molecular complexity index is 2220. The molecule has 17 nitrogen and oxygen atoms in total. The number of carbonyl (C=O) groups is 5. The second-order valence-corrected chi connectivity index (χ2v) is 18.0. The zero-order chi connectivity index (χ0) is 47.8. The lowest BCUT2D eigenvalue weighted by Gasteiger charge is -2.46. The van der Waals surface area contributed by atoms with Crippen LogP contribution in [0.4, 0.5) is 5.69 Å². The maximum atomic E-state index is 13.4. The van der Waals surface area contributed by atoms with Crippen molar-refractivity contribution < 1.29 is 62.2 Å². The Morgan fingerprint density at radius 2 is 1.36 bits per heavy atom. The van der Waals surface area contributed by atoms with E-state index in [1.165, 1.54) is 27.7 Å². The molecular formula is C49H60N4O13S. The van der Waals surface area contributed by atoms with Gasteiger partial charge in [0, 0.05) is 77.5 Å². The van der Waals surface area contributed by atoms with E-state index in [0.717, 1.165) is 41.0 Å². The lowest BCUT2D eigenvalue weighted by Crippen LogP contribution is -2.62. The van der Waals surface area contributed by atoms with Gasteiger partial charge in [0.2, 0.25) is 5.91 Å². The summed E-state index contributed by atoms with van der Waals surface area (Å²) < 4.78 is 41.6. The average Bonchev–Trinajstić information content (AvgIpc) is 3.62. The van der Waals surface area contributed by atoms with Crippen molar-refractivity contribution in [1.29, 1.82) is 0 Å². The topological polar surface area (TPSA) is 201 Å². The van der Waals surface area contributed by atoms with Gasteiger partial charge in [0.25, 0.3) is 0 Å². The number of anilines is 1. The molecule has 4 aliphatic heterocycles. The molecular weight excluding hydrogens is 885 g/mol. The molecule has 9 atom stereocenters. The first-order chi connectivity index (χ1) is 32.1. The summed E-state index contributed by atoms with van der Waals surface area (Å²) in [5.74, 6) is -2.70. The minimum atomic E-state index is -1.29. The average molecular weight is 945 g/mol. The van der Waals surface area contributed by atoms with Crippen molar-refractivity contribution in [2.45, 2.75) is 122 Å². The van der Waals surface area contributed by atoms with Crippen LogP contribution in [-0.2, 0) is 70.3 Å². The van der Waals surface area contributed by atoms with Crippen LogP contribution < -0.4 is 15.5 Å². The number of benzene rings is 3. The van der Waals surface area contributed by atoms with E-state index in [-0.39, 0.29) is 43.7 Å². The molecule has 360 valence electrons. The van der Waals surface area contributed by atoms with Crippen molar-refractivity contribution in [3.05, 3.63) is 101 Å². The predicted molar refractivity (Wildman–Crippen MR) is 246 cm³/mol. The molecule has 4 saturated heterocycles. The number of nitrogens with zero attached hydrogens (tertiary/aromatic N) is 2. The van der Waals surface area contributed by atoms with E-state index in [4.69, 9.17) is 45.4 Å². The van der Waals surface area contributed by atoms with Gasteiger partial charge in [-0.15, -0.1) is 0 Å². The molecule has 0 saturated carbocycles. The van der Waals surface area contributed by atoms with Crippen molar-refractivity contribution in [3.8, 4) is 0 Å². The molecule has 67 heavy (non-hydrogen) atoms. The third kappa shape index (κ3) is 12.0. The molecule has 3 aromatic rings. The van der Waals surface area contributed by atoms with Gasteiger partial charge in [-0.05, 0) is 41.7 Å². The van der Waals surface area contributed by atoms with Crippen molar-refractivity contribution in [2.24, 2.45) is 5.92 Å². The fourth-order valence-electron chi connectivity index (χ4n) is 9.45. The highest BCUT2D eigenvalue weighted by atomic mass is 32.1. The molecule has 1 spiro atoms. The molecule has 3 aromatic carbocycles. The van der Waals surface area contributed by atoms with Gasteiger partial charge in [0.1, 0.15) is 24.4 Å². The fourth-order valence-corrected chi connectivity index (χ4v) is 9.69. The second-order valence-electron chi connectivity index (χ2n) is 17.5. The number of ether oxygens (including phenoxy) is 7. The van der Waals surface area contributed by atoms with Crippen LogP contribution in [0.2, 0.25) is 0 Å². The SMILES string of the molecule is CC(=O)OCC1OC(CC(=S)NCc2ccc(C3OC(CN4CCC5(CC4)C(=O)NCN5c4ccccc4)C(C)C(c4ccc(CO)cc4)O3)cc2)C(OC(C)=O)C(OC(C)=O)C1OC(C)=O. The molecule has 0 aliphatic carbocycles. The molecule has 0 radical (unpaired) electrons. The highest BCUT2D eigenvalue weighted by Crippen LogP contribution is 2.43. The van der Waals surface area contributed by atoms with Crippen LogP contribution in [0.15, 0.2) is 78.9 Å². The number of hydrogen-bond acceptors (Lipinski definition) is 16. The number of aliphatic hydroxyl groups excluding tert-OH is 1. The molecule has 0 bridgehead atoms. The first-order valence-electron chi connectivity index (χ1n) is 22.6. The number of hydrogen-bond donors (Lipinski definition) is 3. The number of nitrogens with one attached hydrogen (secondary N) is 2. The molecule has 7 rings (SSSR count). The summed E-state index contributed by atoms with van der Waals surface area (Å²) in [5.41, 5.74) is 3.91. The number of esters is 4. The van der Waals surface area contributed by atoms with E-state index in [0.29, 0.717) is 37.6 Å². The minimum absolute atomic E-state index is 0.00692.